The molecule has 0 saturated carbocycles. The molecule has 7 heteroatoms. The summed E-state index contributed by atoms with van der Waals surface area (Å²) in [5.74, 6) is -1.64. The average Bonchev–Trinajstić information content (AvgIpc) is 2.24. The van der Waals surface area contributed by atoms with Crippen LogP contribution in [0.5, 0.6) is 11.5 Å². The van der Waals surface area contributed by atoms with Crippen molar-refractivity contribution in [3.8, 4) is 11.5 Å². The van der Waals surface area contributed by atoms with Crippen LogP contribution < -0.4 is 9.47 Å². The molecule has 1 aromatic carbocycles. The normalized spacial score (nSPS) is 11.1. The molecule has 0 saturated heterocycles. The molecule has 0 heterocycles. The average molecular weight is 250 g/mol. The molecule has 0 unspecified atom stereocenters. The summed E-state index contributed by atoms with van der Waals surface area (Å²) in [6.07, 6.45) is -4.53. The van der Waals surface area contributed by atoms with E-state index in [2.05, 4.69) is 4.74 Å². The predicted octanol–water partition coefficient (Wildman–Crippen LogP) is 2.18. The molecule has 0 aliphatic rings. The fourth-order valence-electron chi connectivity index (χ4n) is 1.14. The Hall–Kier alpha value is -1.92. The molecular formula is C10H9F3O4. The fraction of sp³-hybridized carbons (Fsp3) is 0.300. The second-order valence-electron chi connectivity index (χ2n) is 3.04. The highest BCUT2D eigenvalue weighted by atomic mass is 19.4. The molecule has 1 rings (SSSR count). The highest BCUT2D eigenvalue weighted by Gasteiger charge is 2.34. The Morgan fingerprint density at radius 3 is 2.53 bits per heavy atom. The third-order valence-corrected chi connectivity index (χ3v) is 1.84. The Bertz CT molecular complexity index is 415. The molecule has 0 radical (unpaired) electrons. The number of alkyl halides is 3. The van der Waals surface area contributed by atoms with Crippen LogP contribution in [0.4, 0.5) is 13.2 Å². The lowest BCUT2D eigenvalue weighted by Crippen LogP contribution is -2.11. The number of hydrogen-bond donors (Lipinski definition) is 1. The SMILES string of the molecule is COc1cc(OCC(=O)O)ccc1C(F)(F)F. The van der Waals surface area contributed by atoms with Crippen molar-refractivity contribution in [1.82, 2.24) is 0 Å². The maximum Gasteiger partial charge on any atom is 0.419 e. The quantitative estimate of drug-likeness (QED) is 0.889. The van der Waals surface area contributed by atoms with Gasteiger partial charge in [-0.2, -0.15) is 13.2 Å². The molecule has 0 amide bonds. The van der Waals surface area contributed by atoms with Gasteiger partial charge in [0.15, 0.2) is 6.61 Å². The zero-order valence-electron chi connectivity index (χ0n) is 8.75. The van der Waals surface area contributed by atoms with Gasteiger partial charge in [0.25, 0.3) is 0 Å². The van der Waals surface area contributed by atoms with Gasteiger partial charge < -0.3 is 14.6 Å². The number of ether oxygens (including phenoxy) is 2. The molecule has 0 aliphatic heterocycles. The minimum absolute atomic E-state index is 0.00255. The molecule has 1 aromatic rings. The van der Waals surface area contributed by atoms with E-state index in [0.29, 0.717) is 0 Å². The Morgan fingerprint density at radius 2 is 2.06 bits per heavy atom. The van der Waals surface area contributed by atoms with Gasteiger partial charge in [-0.05, 0) is 12.1 Å². The number of benzene rings is 1. The van der Waals surface area contributed by atoms with Crippen LogP contribution in [-0.2, 0) is 11.0 Å². The molecule has 1 N–H and O–H groups in total. The van der Waals surface area contributed by atoms with Gasteiger partial charge in [0.2, 0.25) is 0 Å². The molecule has 4 nitrogen and oxygen atoms in total. The lowest BCUT2D eigenvalue weighted by atomic mass is 10.2. The van der Waals surface area contributed by atoms with Gasteiger partial charge in [-0.3, -0.25) is 0 Å². The summed E-state index contributed by atoms with van der Waals surface area (Å²) in [4.78, 5) is 10.2. The van der Waals surface area contributed by atoms with Crippen molar-refractivity contribution < 1.29 is 32.5 Å². The molecular weight excluding hydrogens is 241 g/mol. The number of carboxylic acids is 1. The summed E-state index contributed by atoms with van der Waals surface area (Å²) >= 11 is 0. The zero-order chi connectivity index (χ0) is 13.1. The van der Waals surface area contributed by atoms with Gasteiger partial charge in [0.1, 0.15) is 11.5 Å². The van der Waals surface area contributed by atoms with Gasteiger partial charge in [-0.15, -0.1) is 0 Å². The Morgan fingerprint density at radius 1 is 1.41 bits per heavy atom. The second-order valence-corrected chi connectivity index (χ2v) is 3.04. The van der Waals surface area contributed by atoms with Crippen molar-refractivity contribution in [3.05, 3.63) is 23.8 Å². The standard InChI is InChI=1S/C10H9F3O4/c1-16-8-4-6(17-5-9(14)15)2-3-7(8)10(11,12)13/h2-4H,5H2,1H3,(H,14,15). The van der Waals surface area contributed by atoms with Crippen LogP contribution in [0.1, 0.15) is 5.56 Å². The van der Waals surface area contributed by atoms with Crippen LogP contribution in [0, 0.1) is 0 Å². The summed E-state index contributed by atoms with van der Waals surface area (Å²) in [7, 11) is 1.09. The third kappa shape index (κ3) is 3.54. The van der Waals surface area contributed by atoms with Gasteiger partial charge in [-0.25, -0.2) is 4.79 Å². The highest BCUT2D eigenvalue weighted by Crippen LogP contribution is 2.37. The summed E-state index contributed by atoms with van der Waals surface area (Å²) in [6, 6.07) is 2.80. The number of rotatable bonds is 4. The van der Waals surface area contributed by atoms with Crippen molar-refractivity contribution in [2.75, 3.05) is 13.7 Å². The van der Waals surface area contributed by atoms with Crippen molar-refractivity contribution in [3.63, 3.8) is 0 Å². The van der Waals surface area contributed by atoms with E-state index < -0.39 is 30.1 Å². The third-order valence-electron chi connectivity index (χ3n) is 1.84. The van der Waals surface area contributed by atoms with Crippen LogP contribution in [-0.4, -0.2) is 24.8 Å². The molecule has 0 spiro atoms. The van der Waals surface area contributed by atoms with Crippen molar-refractivity contribution in [1.29, 1.82) is 0 Å². The second kappa shape index (κ2) is 4.94. The van der Waals surface area contributed by atoms with E-state index in [1.165, 1.54) is 0 Å². The minimum Gasteiger partial charge on any atom is -0.496 e. The molecule has 0 aromatic heterocycles. The van der Waals surface area contributed by atoms with E-state index in [4.69, 9.17) is 9.84 Å². The lowest BCUT2D eigenvalue weighted by molar-refractivity contribution is -0.140. The van der Waals surface area contributed by atoms with Gasteiger partial charge in [0.05, 0.1) is 12.7 Å². The number of halogens is 3. The molecule has 0 atom stereocenters. The number of carbonyl (C=O) groups is 1. The maximum atomic E-state index is 12.5. The fourth-order valence-corrected chi connectivity index (χ4v) is 1.14. The first-order valence-corrected chi connectivity index (χ1v) is 4.44. The lowest BCUT2D eigenvalue weighted by Gasteiger charge is -2.13. The van der Waals surface area contributed by atoms with Gasteiger partial charge in [-0.1, -0.05) is 0 Å². The molecule has 0 fully saturated rings. The predicted molar refractivity (Wildman–Crippen MR) is 51.1 cm³/mol. The van der Waals surface area contributed by atoms with Crippen molar-refractivity contribution in [2.45, 2.75) is 6.18 Å². The van der Waals surface area contributed by atoms with Gasteiger partial charge in [0, 0.05) is 6.07 Å². The van der Waals surface area contributed by atoms with Crippen LogP contribution in [0.15, 0.2) is 18.2 Å². The van der Waals surface area contributed by atoms with E-state index in [9.17, 15) is 18.0 Å². The first-order chi connectivity index (χ1) is 7.84. The minimum atomic E-state index is -4.53. The summed E-state index contributed by atoms with van der Waals surface area (Å²) < 4.78 is 46.7. The summed E-state index contributed by atoms with van der Waals surface area (Å²) in [5.41, 5.74) is -0.942. The van der Waals surface area contributed by atoms with Crippen LogP contribution in [0.3, 0.4) is 0 Å². The highest BCUT2D eigenvalue weighted by molar-refractivity contribution is 5.68. The number of methoxy groups -OCH3 is 1. The molecule has 0 bridgehead atoms. The first-order valence-electron chi connectivity index (χ1n) is 4.44. The van der Waals surface area contributed by atoms with E-state index in [1.807, 2.05) is 0 Å². The topological polar surface area (TPSA) is 55.8 Å². The Labute approximate surface area is 94.6 Å². The van der Waals surface area contributed by atoms with Crippen LogP contribution >= 0.6 is 0 Å². The molecule has 0 aliphatic carbocycles. The zero-order valence-corrected chi connectivity index (χ0v) is 8.75. The van der Waals surface area contributed by atoms with Gasteiger partial charge >= 0.3 is 12.1 Å². The van der Waals surface area contributed by atoms with E-state index in [-0.39, 0.29) is 5.75 Å². The molecule has 94 valence electrons. The Balaban J connectivity index is 2.96. The number of carboxylic acid groups (broad SMARTS) is 1. The van der Waals surface area contributed by atoms with E-state index in [1.54, 1.807) is 0 Å². The number of aliphatic carboxylic acids is 1. The van der Waals surface area contributed by atoms with E-state index >= 15 is 0 Å². The summed E-state index contributed by atoms with van der Waals surface area (Å²) in [5, 5.41) is 8.35. The van der Waals surface area contributed by atoms with Crippen LogP contribution in [0.2, 0.25) is 0 Å². The van der Waals surface area contributed by atoms with E-state index in [0.717, 1.165) is 25.3 Å². The maximum absolute atomic E-state index is 12.5. The smallest absolute Gasteiger partial charge is 0.419 e. The Kier molecular flexibility index (Phi) is 3.82. The monoisotopic (exact) mass is 250 g/mol. The summed E-state index contributed by atoms with van der Waals surface area (Å²) in [6.45, 7) is -0.630. The first kappa shape index (κ1) is 13.1. The van der Waals surface area contributed by atoms with Crippen molar-refractivity contribution >= 4 is 5.97 Å². The van der Waals surface area contributed by atoms with Crippen molar-refractivity contribution in [2.24, 2.45) is 0 Å². The largest absolute Gasteiger partial charge is 0.496 e. The van der Waals surface area contributed by atoms with Crippen LogP contribution in [0.25, 0.3) is 0 Å². The molecule has 17 heavy (non-hydrogen) atoms. The number of hydrogen-bond acceptors (Lipinski definition) is 3.